The van der Waals surface area contributed by atoms with Crippen molar-refractivity contribution in [1.82, 2.24) is 4.98 Å². The molecule has 0 amide bonds. The van der Waals surface area contributed by atoms with Crippen LogP contribution < -0.4 is 4.90 Å². The van der Waals surface area contributed by atoms with E-state index in [1.165, 1.54) is 0 Å². The fourth-order valence-electron chi connectivity index (χ4n) is 2.13. The van der Waals surface area contributed by atoms with Crippen LogP contribution in [0.4, 0.5) is 5.82 Å². The maximum absolute atomic E-state index is 6.14. The molecule has 0 atom stereocenters. The van der Waals surface area contributed by atoms with Crippen molar-refractivity contribution in [2.75, 3.05) is 37.8 Å². The highest BCUT2D eigenvalue weighted by molar-refractivity contribution is 6.74. The summed E-state index contributed by atoms with van der Waals surface area (Å²) in [6.45, 7) is 15.4. The third kappa shape index (κ3) is 5.16. The van der Waals surface area contributed by atoms with Crippen molar-refractivity contribution >= 4 is 20.2 Å². The standard InChI is InChI=1S/C18H30N2O2Si/c1-18(2,3)23(4,5)22-12-6-7-16-8-9-17(19-15-16)20-10-13-21-14-11-20/h6-9,15H,10-14H2,1-5H3. The summed E-state index contributed by atoms with van der Waals surface area (Å²) in [6, 6.07) is 4.19. The van der Waals surface area contributed by atoms with Crippen LogP contribution in [0.25, 0.3) is 6.08 Å². The Hall–Kier alpha value is -1.17. The summed E-state index contributed by atoms with van der Waals surface area (Å²) < 4.78 is 11.5. The first-order valence-electron chi connectivity index (χ1n) is 8.39. The zero-order chi connectivity index (χ0) is 16.9. The lowest BCUT2D eigenvalue weighted by Crippen LogP contribution is -2.40. The summed E-state index contributed by atoms with van der Waals surface area (Å²) in [5.74, 6) is 1.03. The molecule has 5 heteroatoms. The Balaban J connectivity index is 1.86. The minimum atomic E-state index is -1.66. The Morgan fingerprint density at radius 2 is 1.96 bits per heavy atom. The molecule has 0 aromatic carbocycles. The summed E-state index contributed by atoms with van der Waals surface area (Å²) in [5.41, 5.74) is 1.11. The van der Waals surface area contributed by atoms with Crippen molar-refractivity contribution in [3.63, 3.8) is 0 Å². The monoisotopic (exact) mass is 334 g/mol. The van der Waals surface area contributed by atoms with Crippen molar-refractivity contribution in [1.29, 1.82) is 0 Å². The zero-order valence-corrected chi connectivity index (χ0v) is 16.1. The van der Waals surface area contributed by atoms with Gasteiger partial charge in [-0.25, -0.2) is 4.98 Å². The van der Waals surface area contributed by atoms with Crippen LogP contribution in [-0.2, 0) is 9.16 Å². The van der Waals surface area contributed by atoms with Crippen molar-refractivity contribution in [2.24, 2.45) is 0 Å². The van der Waals surface area contributed by atoms with E-state index >= 15 is 0 Å². The number of aromatic nitrogens is 1. The van der Waals surface area contributed by atoms with E-state index in [1.54, 1.807) is 0 Å². The fourth-order valence-corrected chi connectivity index (χ4v) is 3.08. The first kappa shape index (κ1) is 18.2. The highest BCUT2D eigenvalue weighted by Crippen LogP contribution is 2.36. The molecular weight excluding hydrogens is 304 g/mol. The predicted octanol–water partition coefficient (Wildman–Crippen LogP) is 3.95. The van der Waals surface area contributed by atoms with Gasteiger partial charge in [-0.15, -0.1) is 0 Å². The van der Waals surface area contributed by atoms with Gasteiger partial charge in [0.15, 0.2) is 8.32 Å². The van der Waals surface area contributed by atoms with Gasteiger partial charge in [0.05, 0.1) is 19.8 Å². The topological polar surface area (TPSA) is 34.6 Å². The van der Waals surface area contributed by atoms with Gasteiger partial charge in [0.1, 0.15) is 5.82 Å². The van der Waals surface area contributed by atoms with E-state index < -0.39 is 8.32 Å². The van der Waals surface area contributed by atoms with E-state index in [0.29, 0.717) is 6.61 Å². The fraction of sp³-hybridized carbons (Fsp3) is 0.611. The molecule has 4 nitrogen and oxygen atoms in total. The highest BCUT2D eigenvalue weighted by Gasteiger charge is 2.36. The lowest BCUT2D eigenvalue weighted by molar-refractivity contribution is 0.122. The largest absolute Gasteiger partial charge is 0.413 e. The minimum Gasteiger partial charge on any atom is -0.413 e. The van der Waals surface area contributed by atoms with Crippen molar-refractivity contribution < 1.29 is 9.16 Å². The smallest absolute Gasteiger partial charge is 0.192 e. The third-order valence-corrected chi connectivity index (χ3v) is 9.26. The maximum Gasteiger partial charge on any atom is 0.192 e. The van der Waals surface area contributed by atoms with E-state index in [-0.39, 0.29) is 5.04 Å². The van der Waals surface area contributed by atoms with Gasteiger partial charge < -0.3 is 14.1 Å². The van der Waals surface area contributed by atoms with E-state index in [2.05, 4.69) is 68.0 Å². The van der Waals surface area contributed by atoms with E-state index in [1.807, 2.05) is 6.20 Å². The molecule has 1 aromatic heterocycles. The molecule has 23 heavy (non-hydrogen) atoms. The summed E-state index contributed by atoms with van der Waals surface area (Å²) in [6.07, 6.45) is 6.10. The minimum absolute atomic E-state index is 0.252. The molecule has 0 spiro atoms. The highest BCUT2D eigenvalue weighted by atomic mass is 28.4. The number of pyridine rings is 1. The summed E-state index contributed by atoms with van der Waals surface area (Å²) in [4.78, 5) is 6.82. The number of anilines is 1. The Morgan fingerprint density at radius 1 is 1.26 bits per heavy atom. The van der Waals surface area contributed by atoms with Crippen LogP contribution in [-0.4, -0.2) is 46.2 Å². The Morgan fingerprint density at radius 3 is 2.52 bits per heavy atom. The average Bonchev–Trinajstić information content (AvgIpc) is 2.52. The molecule has 128 valence electrons. The van der Waals surface area contributed by atoms with Gasteiger partial charge in [-0.05, 0) is 35.8 Å². The van der Waals surface area contributed by atoms with E-state index in [4.69, 9.17) is 9.16 Å². The number of nitrogens with zero attached hydrogens (tertiary/aromatic N) is 2. The van der Waals surface area contributed by atoms with Crippen LogP contribution in [0.5, 0.6) is 0 Å². The Labute approximate surface area is 141 Å². The number of hydrogen-bond donors (Lipinski definition) is 0. The predicted molar refractivity (Wildman–Crippen MR) is 99.5 cm³/mol. The first-order chi connectivity index (χ1) is 10.8. The number of rotatable bonds is 5. The molecule has 0 bridgehead atoms. The molecule has 0 N–H and O–H groups in total. The summed E-state index contributed by atoms with van der Waals surface area (Å²) >= 11 is 0. The molecule has 0 radical (unpaired) electrons. The van der Waals surface area contributed by atoms with Crippen LogP contribution in [0.1, 0.15) is 26.3 Å². The number of hydrogen-bond acceptors (Lipinski definition) is 4. The molecule has 0 aliphatic carbocycles. The Kier molecular flexibility index (Phi) is 6.00. The van der Waals surface area contributed by atoms with E-state index in [0.717, 1.165) is 37.7 Å². The van der Waals surface area contributed by atoms with Crippen molar-refractivity contribution in [3.8, 4) is 0 Å². The number of ether oxygens (including phenoxy) is 1. The molecule has 1 aliphatic heterocycles. The van der Waals surface area contributed by atoms with Crippen LogP contribution >= 0.6 is 0 Å². The lowest BCUT2D eigenvalue weighted by atomic mass is 10.2. The van der Waals surface area contributed by atoms with Crippen LogP contribution in [0, 0.1) is 0 Å². The van der Waals surface area contributed by atoms with Gasteiger partial charge in [-0.3, -0.25) is 0 Å². The zero-order valence-electron chi connectivity index (χ0n) is 15.1. The molecule has 1 fully saturated rings. The van der Waals surface area contributed by atoms with Crippen LogP contribution in [0.15, 0.2) is 24.4 Å². The van der Waals surface area contributed by atoms with Crippen LogP contribution in [0.3, 0.4) is 0 Å². The summed E-state index contributed by atoms with van der Waals surface area (Å²) in [5, 5.41) is 0.252. The summed E-state index contributed by atoms with van der Waals surface area (Å²) in [7, 11) is -1.66. The van der Waals surface area contributed by atoms with Gasteiger partial charge in [0.2, 0.25) is 0 Å². The molecule has 1 saturated heterocycles. The maximum atomic E-state index is 6.14. The molecular formula is C18H30N2O2Si. The molecule has 0 unspecified atom stereocenters. The second-order valence-electron chi connectivity index (χ2n) is 7.52. The molecule has 2 heterocycles. The lowest BCUT2D eigenvalue weighted by Gasteiger charge is -2.35. The van der Waals surface area contributed by atoms with Crippen LogP contribution in [0.2, 0.25) is 18.1 Å². The second-order valence-corrected chi connectivity index (χ2v) is 12.3. The molecule has 1 aromatic rings. The number of morpholine rings is 1. The van der Waals surface area contributed by atoms with Crippen molar-refractivity contribution in [3.05, 3.63) is 30.0 Å². The SMILES string of the molecule is CC(C)(C)[Si](C)(C)OCC=Cc1ccc(N2CCOCC2)nc1. The van der Waals surface area contributed by atoms with Gasteiger partial charge in [-0.1, -0.05) is 32.9 Å². The van der Waals surface area contributed by atoms with Crippen molar-refractivity contribution in [2.45, 2.75) is 38.9 Å². The average molecular weight is 335 g/mol. The second kappa shape index (κ2) is 7.60. The van der Waals surface area contributed by atoms with E-state index in [9.17, 15) is 0 Å². The third-order valence-electron chi connectivity index (χ3n) is 4.76. The van der Waals surface area contributed by atoms with Gasteiger partial charge in [0.25, 0.3) is 0 Å². The molecule has 1 aliphatic rings. The molecule has 0 saturated carbocycles. The first-order valence-corrected chi connectivity index (χ1v) is 11.3. The molecule has 2 rings (SSSR count). The van der Waals surface area contributed by atoms with Gasteiger partial charge in [-0.2, -0.15) is 0 Å². The Bertz CT molecular complexity index is 515. The van der Waals surface area contributed by atoms with Gasteiger partial charge in [0, 0.05) is 19.3 Å². The quantitative estimate of drug-likeness (QED) is 0.764. The normalized spacial score (nSPS) is 17.0. The van der Waals surface area contributed by atoms with Gasteiger partial charge >= 0.3 is 0 Å².